The molecule has 2 N–H and O–H groups in total. The zero-order valence-corrected chi connectivity index (χ0v) is 17.2. The SMILES string of the molecule is CCC(CNC(=NC)NCc1ccon1)Oc1cccc(C(F)(F)F)c1.I. The van der Waals surface area contributed by atoms with Crippen LogP contribution in [0.4, 0.5) is 13.2 Å². The van der Waals surface area contributed by atoms with Crippen LogP contribution < -0.4 is 15.4 Å². The van der Waals surface area contributed by atoms with Crippen LogP contribution in [-0.2, 0) is 12.7 Å². The van der Waals surface area contributed by atoms with E-state index in [1.165, 1.54) is 18.4 Å². The first-order valence-corrected chi connectivity index (χ1v) is 8.10. The molecule has 1 heterocycles. The minimum absolute atomic E-state index is 0. The van der Waals surface area contributed by atoms with Gasteiger partial charge >= 0.3 is 6.18 Å². The molecule has 1 aromatic carbocycles. The fourth-order valence-electron chi connectivity index (χ4n) is 2.14. The van der Waals surface area contributed by atoms with Gasteiger partial charge in [-0.3, -0.25) is 4.99 Å². The summed E-state index contributed by atoms with van der Waals surface area (Å²) in [6.45, 7) is 2.71. The van der Waals surface area contributed by atoms with Gasteiger partial charge in [-0.2, -0.15) is 13.2 Å². The van der Waals surface area contributed by atoms with E-state index in [0.29, 0.717) is 25.5 Å². The van der Waals surface area contributed by atoms with Crippen molar-refractivity contribution in [3.63, 3.8) is 0 Å². The third-order valence-electron chi connectivity index (χ3n) is 3.57. The van der Waals surface area contributed by atoms with Crippen LogP contribution >= 0.6 is 24.0 Å². The van der Waals surface area contributed by atoms with Crippen molar-refractivity contribution < 1.29 is 22.4 Å². The summed E-state index contributed by atoms with van der Waals surface area (Å²) in [7, 11) is 1.62. The second-order valence-corrected chi connectivity index (χ2v) is 5.47. The molecule has 0 fully saturated rings. The van der Waals surface area contributed by atoms with Gasteiger partial charge in [0.25, 0.3) is 0 Å². The zero-order chi connectivity index (χ0) is 19.0. The fourth-order valence-corrected chi connectivity index (χ4v) is 2.14. The highest BCUT2D eigenvalue weighted by atomic mass is 127. The second-order valence-electron chi connectivity index (χ2n) is 5.47. The Bertz CT molecular complexity index is 708. The number of aliphatic imine (C=N–C) groups is 1. The lowest BCUT2D eigenvalue weighted by Gasteiger charge is -2.20. The molecule has 1 atom stereocenters. The molecule has 0 aliphatic rings. The number of halogens is 4. The quantitative estimate of drug-likeness (QED) is 0.345. The van der Waals surface area contributed by atoms with Crippen LogP contribution in [0.1, 0.15) is 24.6 Å². The van der Waals surface area contributed by atoms with E-state index in [4.69, 9.17) is 9.26 Å². The van der Waals surface area contributed by atoms with E-state index in [1.54, 1.807) is 13.1 Å². The van der Waals surface area contributed by atoms with Gasteiger partial charge < -0.3 is 19.9 Å². The van der Waals surface area contributed by atoms with Crippen molar-refractivity contribution in [1.29, 1.82) is 0 Å². The number of aromatic nitrogens is 1. The van der Waals surface area contributed by atoms with Crippen LogP contribution in [0, 0.1) is 0 Å². The molecular formula is C17H22F3IN4O2. The smallest absolute Gasteiger partial charge is 0.416 e. The molecule has 0 saturated carbocycles. The van der Waals surface area contributed by atoms with E-state index >= 15 is 0 Å². The van der Waals surface area contributed by atoms with Gasteiger partial charge in [0, 0.05) is 13.1 Å². The average molecular weight is 498 g/mol. The molecule has 10 heteroatoms. The largest absolute Gasteiger partial charge is 0.489 e. The van der Waals surface area contributed by atoms with Gasteiger partial charge in [0.1, 0.15) is 23.8 Å². The Morgan fingerprint density at radius 3 is 2.67 bits per heavy atom. The maximum Gasteiger partial charge on any atom is 0.416 e. The van der Waals surface area contributed by atoms with Crippen molar-refractivity contribution in [1.82, 2.24) is 15.8 Å². The highest BCUT2D eigenvalue weighted by Gasteiger charge is 2.30. The highest BCUT2D eigenvalue weighted by Crippen LogP contribution is 2.31. The lowest BCUT2D eigenvalue weighted by molar-refractivity contribution is -0.137. The highest BCUT2D eigenvalue weighted by molar-refractivity contribution is 14.0. The Labute approximate surface area is 172 Å². The summed E-state index contributed by atoms with van der Waals surface area (Å²) in [6.07, 6.45) is -2.62. The Kier molecular flexibility index (Phi) is 9.39. The summed E-state index contributed by atoms with van der Waals surface area (Å²) in [6, 6.07) is 6.58. The molecular weight excluding hydrogens is 476 g/mol. The monoisotopic (exact) mass is 498 g/mol. The Morgan fingerprint density at radius 2 is 2.07 bits per heavy atom. The molecule has 2 rings (SSSR count). The van der Waals surface area contributed by atoms with Gasteiger partial charge in [-0.05, 0) is 24.6 Å². The summed E-state index contributed by atoms with van der Waals surface area (Å²) in [5.41, 5.74) is -0.0110. The van der Waals surface area contributed by atoms with Crippen molar-refractivity contribution in [2.45, 2.75) is 32.2 Å². The van der Waals surface area contributed by atoms with Crippen molar-refractivity contribution in [3.05, 3.63) is 47.9 Å². The second kappa shape index (κ2) is 11.0. The van der Waals surface area contributed by atoms with E-state index in [2.05, 4.69) is 20.8 Å². The molecule has 0 amide bonds. The summed E-state index contributed by atoms with van der Waals surface area (Å²) < 4.78 is 48.8. The van der Waals surface area contributed by atoms with E-state index in [1.807, 2.05) is 6.92 Å². The summed E-state index contributed by atoms with van der Waals surface area (Å²) in [5.74, 6) is 0.707. The van der Waals surface area contributed by atoms with Crippen LogP contribution in [0.3, 0.4) is 0 Å². The normalized spacial score (nSPS) is 12.9. The van der Waals surface area contributed by atoms with E-state index < -0.39 is 11.7 Å². The number of nitrogens with one attached hydrogen (secondary N) is 2. The van der Waals surface area contributed by atoms with Crippen molar-refractivity contribution >= 4 is 29.9 Å². The number of hydrogen-bond donors (Lipinski definition) is 2. The van der Waals surface area contributed by atoms with Gasteiger partial charge in [-0.15, -0.1) is 24.0 Å². The molecule has 0 aliphatic carbocycles. The van der Waals surface area contributed by atoms with Gasteiger partial charge in [-0.25, -0.2) is 0 Å². The minimum atomic E-state index is -4.40. The van der Waals surface area contributed by atoms with Crippen LogP contribution in [-0.4, -0.2) is 30.8 Å². The number of hydrogen-bond acceptors (Lipinski definition) is 4. The number of ether oxygens (including phenoxy) is 1. The van der Waals surface area contributed by atoms with Crippen molar-refractivity contribution in [2.24, 2.45) is 4.99 Å². The standard InChI is InChI=1S/C17H21F3N4O2.HI/c1-3-14(26-15-6-4-5-12(9-15)17(18,19)20)11-23-16(21-2)22-10-13-7-8-25-24-13;/h4-9,14H,3,10-11H2,1-2H3,(H2,21,22,23);1H. The van der Waals surface area contributed by atoms with E-state index in [-0.39, 0.29) is 35.8 Å². The van der Waals surface area contributed by atoms with Crippen molar-refractivity contribution in [2.75, 3.05) is 13.6 Å². The van der Waals surface area contributed by atoms with Gasteiger partial charge in [0.05, 0.1) is 18.7 Å². The van der Waals surface area contributed by atoms with E-state index in [9.17, 15) is 13.2 Å². The molecule has 1 aromatic heterocycles. The molecule has 0 radical (unpaired) electrons. The number of rotatable bonds is 7. The van der Waals surface area contributed by atoms with Crippen LogP contribution in [0.2, 0.25) is 0 Å². The first-order valence-electron chi connectivity index (χ1n) is 8.10. The summed E-state index contributed by atoms with van der Waals surface area (Å²) >= 11 is 0. The molecule has 150 valence electrons. The van der Waals surface area contributed by atoms with Gasteiger partial charge in [-0.1, -0.05) is 18.1 Å². The molecule has 6 nitrogen and oxygen atoms in total. The minimum Gasteiger partial charge on any atom is -0.489 e. The molecule has 1 unspecified atom stereocenters. The predicted octanol–water partition coefficient (Wildman–Crippen LogP) is 3.83. The lowest BCUT2D eigenvalue weighted by Crippen LogP contribution is -2.42. The third kappa shape index (κ3) is 7.65. The molecule has 2 aromatic rings. The van der Waals surface area contributed by atoms with Crippen molar-refractivity contribution in [3.8, 4) is 5.75 Å². The fraction of sp³-hybridized carbons (Fsp3) is 0.412. The first kappa shape index (κ1) is 23.1. The Morgan fingerprint density at radius 1 is 1.30 bits per heavy atom. The number of benzene rings is 1. The average Bonchev–Trinajstić information content (AvgIpc) is 3.13. The summed E-state index contributed by atoms with van der Waals surface area (Å²) in [4.78, 5) is 4.08. The maximum absolute atomic E-state index is 12.8. The summed E-state index contributed by atoms with van der Waals surface area (Å²) in [5, 5.41) is 9.92. The Hall–Kier alpha value is -1.98. The van der Waals surface area contributed by atoms with Gasteiger partial charge in [0.15, 0.2) is 5.96 Å². The van der Waals surface area contributed by atoms with Crippen LogP contribution in [0.5, 0.6) is 5.75 Å². The van der Waals surface area contributed by atoms with Crippen LogP contribution in [0.25, 0.3) is 0 Å². The van der Waals surface area contributed by atoms with Gasteiger partial charge in [0.2, 0.25) is 0 Å². The molecule has 0 spiro atoms. The zero-order valence-electron chi connectivity index (χ0n) is 14.9. The predicted molar refractivity (Wildman–Crippen MR) is 106 cm³/mol. The van der Waals surface area contributed by atoms with E-state index in [0.717, 1.165) is 17.8 Å². The lowest BCUT2D eigenvalue weighted by atomic mass is 10.2. The molecule has 0 aliphatic heterocycles. The molecule has 0 bridgehead atoms. The molecule has 0 saturated heterocycles. The maximum atomic E-state index is 12.8. The third-order valence-corrected chi connectivity index (χ3v) is 3.57. The Balaban J connectivity index is 0.00000364. The first-order chi connectivity index (χ1) is 12.4. The number of guanidine groups is 1. The number of alkyl halides is 3. The van der Waals surface area contributed by atoms with Crippen LogP contribution in [0.15, 0.2) is 46.1 Å². The topological polar surface area (TPSA) is 71.7 Å². The number of nitrogens with zero attached hydrogens (tertiary/aromatic N) is 2. The molecule has 27 heavy (non-hydrogen) atoms.